The molecule has 0 bridgehead atoms. The van der Waals surface area contributed by atoms with Crippen molar-refractivity contribution in [2.45, 2.75) is 20.3 Å². The van der Waals surface area contributed by atoms with E-state index in [4.69, 9.17) is 10.5 Å². The molecule has 0 aliphatic rings. The number of hydrogen-bond donors (Lipinski definition) is 1. The van der Waals surface area contributed by atoms with Crippen molar-refractivity contribution in [1.29, 1.82) is 0 Å². The van der Waals surface area contributed by atoms with Crippen LogP contribution < -0.4 is 5.73 Å². The highest BCUT2D eigenvalue weighted by Gasteiger charge is 1.93. The Morgan fingerprint density at radius 2 is 2.00 bits per heavy atom. The summed E-state index contributed by atoms with van der Waals surface area (Å²) in [4.78, 5) is 0. The lowest BCUT2D eigenvalue weighted by molar-refractivity contribution is 0.158. The Morgan fingerprint density at radius 1 is 1.25 bits per heavy atom. The largest absolute Gasteiger partial charge is 0.379 e. The first-order chi connectivity index (χ1) is 5.77. The van der Waals surface area contributed by atoms with Crippen LogP contribution in [-0.2, 0) is 4.74 Å². The first kappa shape index (κ1) is 12.3. The molecule has 0 aromatic carbocycles. The fraction of sp³-hybridized carbons (Fsp3) is 1.00. The minimum absolute atomic E-state index is 0.636. The van der Waals surface area contributed by atoms with E-state index in [9.17, 15) is 0 Å². The van der Waals surface area contributed by atoms with Gasteiger partial charge in [0.2, 0.25) is 0 Å². The second-order valence-electron chi connectivity index (χ2n) is 3.20. The van der Waals surface area contributed by atoms with E-state index in [0.717, 1.165) is 18.3 Å². The Hall–Kier alpha value is 0.270. The van der Waals surface area contributed by atoms with E-state index in [1.807, 2.05) is 11.8 Å². The molecule has 0 amide bonds. The molecular formula is C9H21NOS. The first-order valence-electron chi connectivity index (χ1n) is 4.63. The summed E-state index contributed by atoms with van der Waals surface area (Å²) < 4.78 is 5.24. The van der Waals surface area contributed by atoms with Gasteiger partial charge in [0.15, 0.2) is 0 Å². The van der Waals surface area contributed by atoms with Crippen LogP contribution in [-0.4, -0.2) is 31.3 Å². The predicted molar refractivity (Wildman–Crippen MR) is 56.7 cm³/mol. The molecule has 0 saturated heterocycles. The Kier molecular flexibility index (Phi) is 9.57. The third-order valence-corrected chi connectivity index (χ3v) is 2.45. The van der Waals surface area contributed by atoms with Gasteiger partial charge in [0, 0.05) is 12.3 Å². The maximum absolute atomic E-state index is 5.28. The lowest BCUT2D eigenvalue weighted by atomic mass is 10.2. The molecule has 0 fully saturated rings. The van der Waals surface area contributed by atoms with E-state index in [1.54, 1.807) is 0 Å². The topological polar surface area (TPSA) is 35.2 Å². The van der Waals surface area contributed by atoms with Crippen LogP contribution in [0.3, 0.4) is 0 Å². The zero-order chi connectivity index (χ0) is 9.23. The van der Waals surface area contributed by atoms with Crippen LogP contribution in [0.1, 0.15) is 20.3 Å². The van der Waals surface area contributed by atoms with Crippen LogP contribution in [0.2, 0.25) is 0 Å². The van der Waals surface area contributed by atoms with Gasteiger partial charge in [0.1, 0.15) is 0 Å². The zero-order valence-electron chi connectivity index (χ0n) is 8.21. The summed E-state index contributed by atoms with van der Waals surface area (Å²) in [6.07, 6.45) is 1.31. The van der Waals surface area contributed by atoms with Crippen molar-refractivity contribution < 1.29 is 4.74 Å². The number of ether oxygens (including phenoxy) is 1. The molecule has 0 aliphatic carbocycles. The molecule has 2 nitrogen and oxygen atoms in total. The number of nitrogens with two attached hydrogens (primary N) is 1. The normalized spacial score (nSPS) is 11.0. The number of thioether (sulfide) groups is 1. The lowest BCUT2D eigenvalue weighted by Crippen LogP contribution is -2.10. The predicted octanol–water partition coefficient (Wildman–Crippen LogP) is 1.74. The van der Waals surface area contributed by atoms with Crippen molar-refractivity contribution in [2.75, 3.05) is 31.3 Å². The molecule has 0 spiro atoms. The van der Waals surface area contributed by atoms with Gasteiger partial charge >= 0.3 is 0 Å². The third kappa shape index (κ3) is 10.3. The summed E-state index contributed by atoms with van der Waals surface area (Å²) in [6, 6.07) is 0. The molecule has 0 radical (unpaired) electrons. The van der Waals surface area contributed by atoms with E-state index in [2.05, 4.69) is 13.8 Å². The van der Waals surface area contributed by atoms with Crippen LogP contribution in [0.4, 0.5) is 0 Å². The molecule has 0 atom stereocenters. The van der Waals surface area contributed by atoms with Crippen molar-refractivity contribution in [3.63, 3.8) is 0 Å². The Morgan fingerprint density at radius 3 is 2.58 bits per heavy atom. The van der Waals surface area contributed by atoms with Gasteiger partial charge in [-0.25, -0.2) is 0 Å². The van der Waals surface area contributed by atoms with Gasteiger partial charge in [-0.3, -0.25) is 0 Å². The van der Waals surface area contributed by atoms with Crippen molar-refractivity contribution in [3.05, 3.63) is 0 Å². The monoisotopic (exact) mass is 191 g/mol. The van der Waals surface area contributed by atoms with Crippen LogP contribution >= 0.6 is 11.8 Å². The summed E-state index contributed by atoms with van der Waals surface area (Å²) in [6.45, 7) is 6.69. The molecule has 0 unspecified atom stereocenters. The van der Waals surface area contributed by atoms with E-state index in [-0.39, 0.29) is 0 Å². The fourth-order valence-corrected chi connectivity index (χ4v) is 1.80. The van der Waals surface area contributed by atoms with Crippen LogP contribution in [0.15, 0.2) is 0 Å². The Bertz CT molecular complexity index is 88.6. The highest BCUT2D eigenvalue weighted by Crippen LogP contribution is 2.07. The highest BCUT2D eigenvalue weighted by atomic mass is 32.2. The lowest BCUT2D eigenvalue weighted by Gasteiger charge is -2.04. The molecular weight excluding hydrogens is 170 g/mol. The average Bonchev–Trinajstić information content (AvgIpc) is 2.02. The van der Waals surface area contributed by atoms with E-state index < -0.39 is 0 Å². The standard InChI is InChI=1S/C9H21NOS/c1-9(2)3-7-12-8-6-11-5-4-10/h9H,3-8,10H2,1-2H3. The third-order valence-electron chi connectivity index (χ3n) is 1.47. The molecule has 0 saturated carbocycles. The molecule has 2 N–H and O–H groups in total. The molecule has 0 heterocycles. The molecule has 12 heavy (non-hydrogen) atoms. The summed E-state index contributed by atoms with van der Waals surface area (Å²) in [7, 11) is 0. The van der Waals surface area contributed by atoms with Crippen molar-refractivity contribution in [3.8, 4) is 0 Å². The summed E-state index contributed by atoms with van der Waals surface area (Å²) >= 11 is 1.97. The fourth-order valence-electron chi connectivity index (χ4n) is 0.724. The van der Waals surface area contributed by atoms with Crippen molar-refractivity contribution >= 4 is 11.8 Å². The van der Waals surface area contributed by atoms with E-state index in [1.165, 1.54) is 12.2 Å². The maximum atomic E-state index is 5.28. The molecule has 0 aliphatic heterocycles. The summed E-state index contributed by atoms with van der Waals surface area (Å²) in [5.41, 5.74) is 5.28. The first-order valence-corrected chi connectivity index (χ1v) is 5.78. The van der Waals surface area contributed by atoms with Gasteiger partial charge in [0.05, 0.1) is 13.2 Å². The summed E-state index contributed by atoms with van der Waals surface area (Å²) in [5.74, 6) is 3.18. The smallest absolute Gasteiger partial charge is 0.0589 e. The minimum Gasteiger partial charge on any atom is -0.379 e. The summed E-state index contributed by atoms with van der Waals surface area (Å²) in [5, 5.41) is 0. The molecule has 0 aromatic rings. The van der Waals surface area contributed by atoms with Crippen LogP contribution in [0.5, 0.6) is 0 Å². The molecule has 3 heteroatoms. The average molecular weight is 191 g/mol. The molecule has 0 rings (SSSR count). The van der Waals surface area contributed by atoms with Gasteiger partial charge in [-0.15, -0.1) is 0 Å². The minimum atomic E-state index is 0.636. The Labute approximate surface area is 80.2 Å². The zero-order valence-corrected chi connectivity index (χ0v) is 9.03. The van der Waals surface area contributed by atoms with Crippen molar-refractivity contribution in [2.24, 2.45) is 11.7 Å². The van der Waals surface area contributed by atoms with Gasteiger partial charge in [-0.2, -0.15) is 11.8 Å². The SMILES string of the molecule is CC(C)CCSCCOCCN. The number of hydrogen-bond acceptors (Lipinski definition) is 3. The number of rotatable bonds is 8. The van der Waals surface area contributed by atoms with Gasteiger partial charge in [-0.05, 0) is 18.1 Å². The van der Waals surface area contributed by atoms with Gasteiger partial charge in [-0.1, -0.05) is 13.8 Å². The van der Waals surface area contributed by atoms with E-state index >= 15 is 0 Å². The maximum Gasteiger partial charge on any atom is 0.0589 e. The molecule has 0 aromatic heterocycles. The Balaban J connectivity index is 2.82. The van der Waals surface area contributed by atoms with E-state index in [0.29, 0.717) is 13.2 Å². The van der Waals surface area contributed by atoms with Gasteiger partial charge in [0.25, 0.3) is 0 Å². The van der Waals surface area contributed by atoms with Crippen LogP contribution in [0.25, 0.3) is 0 Å². The highest BCUT2D eigenvalue weighted by molar-refractivity contribution is 7.99. The van der Waals surface area contributed by atoms with Gasteiger partial charge < -0.3 is 10.5 Å². The van der Waals surface area contributed by atoms with Crippen LogP contribution in [0, 0.1) is 5.92 Å². The second-order valence-corrected chi connectivity index (χ2v) is 4.42. The molecule has 74 valence electrons. The second kappa shape index (κ2) is 9.36. The van der Waals surface area contributed by atoms with Crippen molar-refractivity contribution in [1.82, 2.24) is 0 Å². The quantitative estimate of drug-likeness (QED) is 0.594.